The highest BCUT2D eigenvalue weighted by atomic mass is 16.5. The molecule has 0 fully saturated rings. The second-order valence-corrected chi connectivity index (χ2v) is 5.40. The molecule has 5 heteroatoms. The molecule has 25 heavy (non-hydrogen) atoms. The van der Waals surface area contributed by atoms with Gasteiger partial charge in [-0.05, 0) is 36.3 Å². The maximum absolute atomic E-state index is 12.3. The second kappa shape index (κ2) is 9.45. The standard InChI is InChI=1S/C20H22N2O3/c1-3-25-19-10-9-15-7-4-5-8-17(15)18(19)13-16(14-21)20(23)22-11-6-12-24-2/h4-5,7-10,13H,3,6,11-12H2,1-2H3,(H,22,23)/b16-13+. The Kier molecular flexibility index (Phi) is 7.00. The molecule has 0 aromatic heterocycles. The highest BCUT2D eigenvalue weighted by Gasteiger charge is 2.12. The molecule has 1 N–H and O–H groups in total. The summed E-state index contributed by atoms with van der Waals surface area (Å²) in [6.07, 6.45) is 2.29. The van der Waals surface area contributed by atoms with Crippen LogP contribution in [0.25, 0.3) is 16.8 Å². The minimum atomic E-state index is -0.394. The third-order valence-corrected chi connectivity index (χ3v) is 3.70. The first-order valence-corrected chi connectivity index (χ1v) is 8.24. The number of rotatable bonds is 8. The molecule has 0 spiro atoms. The number of amides is 1. The Hall–Kier alpha value is -2.84. The van der Waals surface area contributed by atoms with Crippen LogP contribution in [0.5, 0.6) is 5.75 Å². The molecule has 0 atom stereocenters. The number of ether oxygens (including phenoxy) is 2. The zero-order chi connectivity index (χ0) is 18.1. The number of nitrogens with one attached hydrogen (secondary N) is 1. The maximum atomic E-state index is 12.3. The van der Waals surface area contributed by atoms with Gasteiger partial charge in [0, 0.05) is 25.8 Å². The molecule has 0 aliphatic carbocycles. The number of fused-ring (bicyclic) bond motifs is 1. The first kappa shape index (κ1) is 18.5. The van der Waals surface area contributed by atoms with Crippen molar-refractivity contribution in [1.29, 1.82) is 5.26 Å². The number of carbonyl (C=O) groups excluding carboxylic acids is 1. The van der Waals surface area contributed by atoms with E-state index in [0.29, 0.717) is 31.9 Å². The van der Waals surface area contributed by atoms with Crippen LogP contribution in [0.1, 0.15) is 18.9 Å². The van der Waals surface area contributed by atoms with Crippen molar-refractivity contribution in [2.45, 2.75) is 13.3 Å². The molecular weight excluding hydrogens is 316 g/mol. The highest BCUT2D eigenvalue weighted by molar-refractivity contribution is 6.04. The van der Waals surface area contributed by atoms with E-state index in [2.05, 4.69) is 5.32 Å². The summed E-state index contributed by atoms with van der Waals surface area (Å²) in [4.78, 5) is 12.3. The van der Waals surface area contributed by atoms with E-state index in [-0.39, 0.29) is 5.57 Å². The Labute approximate surface area is 147 Å². The first-order valence-electron chi connectivity index (χ1n) is 8.24. The largest absolute Gasteiger partial charge is 0.493 e. The van der Waals surface area contributed by atoms with Crippen LogP contribution in [0.15, 0.2) is 42.0 Å². The van der Waals surface area contributed by atoms with Gasteiger partial charge < -0.3 is 14.8 Å². The maximum Gasteiger partial charge on any atom is 0.261 e. The van der Waals surface area contributed by atoms with Gasteiger partial charge in [0.2, 0.25) is 0 Å². The molecule has 2 aromatic rings. The molecule has 5 nitrogen and oxygen atoms in total. The van der Waals surface area contributed by atoms with Crippen molar-refractivity contribution in [3.63, 3.8) is 0 Å². The molecule has 0 heterocycles. The Morgan fingerprint density at radius 1 is 1.28 bits per heavy atom. The van der Waals surface area contributed by atoms with E-state index in [1.165, 1.54) is 0 Å². The lowest BCUT2D eigenvalue weighted by atomic mass is 10.0. The molecule has 2 aromatic carbocycles. The number of methoxy groups -OCH3 is 1. The SMILES string of the molecule is CCOc1ccc2ccccc2c1/C=C(\C#N)C(=O)NCCCOC. The summed E-state index contributed by atoms with van der Waals surface area (Å²) in [5.41, 5.74) is 0.790. The summed E-state index contributed by atoms with van der Waals surface area (Å²) >= 11 is 0. The van der Waals surface area contributed by atoms with Gasteiger partial charge in [-0.25, -0.2) is 0 Å². The number of benzene rings is 2. The topological polar surface area (TPSA) is 71.3 Å². The van der Waals surface area contributed by atoms with Crippen molar-refractivity contribution in [1.82, 2.24) is 5.32 Å². The first-order chi connectivity index (χ1) is 12.2. The smallest absolute Gasteiger partial charge is 0.261 e. The van der Waals surface area contributed by atoms with E-state index in [1.54, 1.807) is 13.2 Å². The summed E-state index contributed by atoms with van der Waals surface area (Å²) in [6, 6.07) is 13.6. The van der Waals surface area contributed by atoms with Crippen molar-refractivity contribution in [3.05, 3.63) is 47.5 Å². The number of hydrogen-bond acceptors (Lipinski definition) is 4. The number of carbonyl (C=O) groups is 1. The molecule has 0 unspecified atom stereocenters. The fraction of sp³-hybridized carbons (Fsp3) is 0.300. The predicted octanol–water partition coefficient (Wildman–Crippen LogP) is 3.30. The lowest BCUT2D eigenvalue weighted by Gasteiger charge is -2.11. The van der Waals surface area contributed by atoms with Crippen LogP contribution in [-0.2, 0) is 9.53 Å². The average molecular weight is 338 g/mol. The molecule has 130 valence electrons. The lowest BCUT2D eigenvalue weighted by molar-refractivity contribution is -0.117. The zero-order valence-corrected chi connectivity index (χ0v) is 14.5. The Balaban J connectivity index is 2.37. The fourth-order valence-electron chi connectivity index (χ4n) is 2.51. The molecule has 0 saturated heterocycles. The van der Waals surface area contributed by atoms with E-state index in [4.69, 9.17) is 9.47 Å². The predicted molar refractivity (Wildman–Crippen MR) is 98.2 cm³/mol. The zero-order valence-electron chi connectivity index (χ0n) is 14.5. The second-order valence-electron chi connectivity index (χ2n) is 5.40. The lowest BCUT2D eigenvalue weighted by Crippen LogP contribution is -2.26. The third kappa shape index (κ3) is 4.82. The van der Waals surface area contributed by atoms with Crippen LogP contribution >= 0.6 is 0 Å². The quantitative estimate of drug-likeness (QED) is 0.455. The minimum Gasteiger partial charge on any atom is -0.493 e. The van der Waals surface area contributed by atoms with E-state index in [0.717, 1.165) is 16.3 Å². The summed E-state index contributed by atoms with van der Waals surface area (Å²) < 4.78 is 10.6. The van der Waals surface area contributed by atoms with Crippen LogP contribution in [0.4, 0.5) is 0 Å². The van der Waals surface area contributed by atoms with Crippen molar-refractivity contribution < 1.29 is 14.3 Å². The van der Waals surface area contributed by atoms with Gasteiger partial charge in [-0.3, -0.25) is 4.79 Å². The van der Waals surface area contributed by atoms with Crippen molar-refractivity contribution in [2.24, 2.45) is 0 Å². The van der Waals surface area contributed by atoms with Gasteiger partial charge in [0.25, 0.3) is 5.91 Å². The fourth-order valence-corrected chi connectivity index (χ4v) is 2.51. The summed E-state index contributed by atoms with van der Waals surface area (Å²) in [6.45, 7) is 3.42. The van der Waals surface area contributed by atoms with Gasteiger partial charge in [-0.1, -0.05) is 30.3 Å². The number of hydrogen-bond donors (Lipinski definition) is 1. The summed E-state index contributed by atoms with van der Waals surface area (Å²) in [5.74, 6) is 0.259. The average Bonchev–Trinajstić information content (AvgIpc) is 2.64. The molecule has 1 amide bonds. The normalized spacial score (nSPS) is 11.2. The van der Waals surface area contributed by atoms with Gasteiger partial charge in [-0.15, -0.1) is 0 Å². The van der Waals surface area contributed by atoms with Crippen LogP contribution in [0.3, 0.4) is 0 Å². The van der Waals surface area contributed by atoms with Gasteiger partial charge in [0.15, 0.2) is 0 Å². The molecule has 0 aliphatic heterocycles. The van der Waals surface area contributed by atoms with E-state index >= 15 is 0 Å². The van der Waals surface area contributed by atoms with E-state index in [1.807, 2.05) is 49.4 Å². The minimum absolute atomic E-state index is 0.0507. The monoisotopic (exact) mass is 338 g/mol. The van der Waals surface area contributed by atoms with Gasteiger partial charge in [0.1, 0.15) is 17.4 Å². The molecule has 0 saturated carbocycles. The molecule has 0 bridgehead atoms. The molecule has 0 radical (unpaired) electrons. The third-order valence-electron chi connectivity index (χ3n) is 3.70. The van der Waals surface area contributed by atoms with E-state index in [9.17, 15) is 10.1 Å². The summed E-state index contributed by atoms with van der Waals surface area (Å²) in [5, 5.41) is 14.1. The van der Waals surface area contributed by atoms with Gasteiger partial charge in [0.05, 0.1) is 6.61 Å². The van der Waals surface area contributed by atoms with Crippen LogP contribution in [0, 0.1) is 11.3 Å². The van der Waals surface area contributed by atoms with Gasteiger partial charge in [-0.2, -0.15) is 5.26 Å². The molecule has 2 rings (SSSR count). The van der Waals surface area contributed by atoms with Crippen molar-refractivity contribution >= 4 is 22.8 Å². The van der Waals surface area contributed by atoms with Gasteiger partial charge >= 0.3 is 0 Å². The van der Waals surface area contributed by atoms with Crippen LogP contribution in [0.2, 0.25) is 0 Å². The van der Waals surface area contributed by atoms with E-state index < -0.39 is 5.91 Å². The van der Waals surface area contributed by atoms with Crippen molar-refractivity contribution in [2.75, 3.05) is 26.9 Å². The molecular formula is C20H22N2O3. The highest BCUT2D eigenvalue weighted by Crippen LogP contribution is 2.30. The summed E-state index contributed by atoms with van der Waals surface area (Å²) in [7, 11) is 1.61. The van der Waals surface area contributed by atoms with Crippen LogP contribution < -0.4 is 10.1 Å². The Morgan fingerprint density at radius 2 is 2.08 bits per heavy atom. The number of nitriles is 1. The Morgan fingerprint density at radius 3 is 2.80 bits per heavy atom. The number of nitrogens with zero attached hydrogens (tertiary/aromatic N) is 1. The van der Waals surface area contributed by atoms with Crippen LogP contribution in [-0.4, -0.2) is 32.8 Å². The van der Waals surface area contributed by atoms with Crippen molar-refractivity contribution in [3.8, 4) is 11.8 Å². The Bertz CT molecular complexity index is 806. The molecule has 0 aliphatic rings.